The molecule has 1 unspecified atom stereocenters. The summed E-state index contributed by atoms with van der Waals surface area (Å²) in [7, 11) is 2.09. The van der Waals surface area contributed by atoms with Gasteiger partial charge in [0.2, 0.25) is 0 Å². The number of rotatable bonds is 6. The van der Waals surface area contributed by atoms with Crippen molar-refractivity contribution in [1.82, 2.24) is 5.32 Å². The van der Waals surface area contributed by atoms with Crippen LogP contribution < -0.4 is 5.32 Å². The van der Waals surface area contributed by atoms with Gasteiger partial charge in [0.1, 0.15) is 0 Å². The number of hydrogen-bond acceptors (Lipinski definition) is 2. The Morgan fingerprint density at radius 1 is 1.20 bits per heavy atom. The molecule has 1 aliphatic carbocycles. The number of benzene rings is 1. The number of nitrogens with one attached hydrogen (secondary N) is 1. The topological polar surface area (TPSA) is 21.3 Å². The Hall–Kier alpha value is -0.860. The standard InChI is InChI=1S/C18H29NO/c1-6-20-16-9-15(10-16)11-17(19-5)18-13(3)7-12(2)8-14(18)4/h7-8,15-17,19H,6,9-11H2,1-5H3. The number of ether oxygens (including phenoxy) is 1. The van der Waals surface area contributed by atoms with Crippen LogP contribution in [0.4, 0.5) is 0 Å². The van der Waals surface area contributed by atoms with E-state index in [2.05, 4.69) is 52.2 Å². The van der Waals surface area contributed by atoms with E-state index in [9.17, 15) is 0 Å². The second kappa shape index (κ2) is 6.73. The molecule has 1 fully saturated rings. The zero-order chi connectivity index (χ0) is 14.7. The molecule has 0 amide bonds. The van der Waals surface area contributed by atoms with Crippen LogP contribution in [0.25, 0.3) is 0 Å². The predicted molar refractivity (Wildman–Crippen MR) is 85.2 cm³/mol. The average Bonchev–Trinajstić information content (AvgIpc) is 2.33. The molecule has 1 N–H and O–H groups in total. The van der Waals surface area contributed by atoms with Crippen molar-refractivity contribution in [3.05, 3.63) is 34.4 Å². The van der Waals surface area contributed by atoms with Crippen LogP contribution in [0.5, 0.6) is 0 Å². The van der Waals surface area contributed by atoms with Gasteiger partial charge in [-0.25, -0.2) is 0 Å². The minimum absolute atomic E-state index is 0.475. The first-order valence-electron chi connectivity index (χ1n) is 7.91. The van der Waals surface area contributed by atoms with E-state index < -0.39 is 0 Å². The Morgan fingerprint density at radius 3 is 2.30 bits per heavy atom. The summed E-state index contributed by atoms with van der Waals surface area (Å²) in [6.07, 6.45) is 4.21. The molecule has 0 aromatic heterocycles. The fourth-order valence-electron chi connectivity index (χ4n) is 3.69. The fraction of sp³-hybridized carbons (Fsp3) is 0.667. The Labute approximate surface area is 123 Å². The van der Waals surface area contributed by atoms with Crippen molar-refractivity contribution in [2.45, 2.75) is 59.1 Å². The van der Waals surface area contributed by atoms with Crippen molar-refractivity contribution in [3.63, 3.8) is 0 Å². The van der Waals surface area contributed by atoms with Gasteiger partial charge < -0.3 is 10.1 Å². The van der Waals surface area contributed by atoms with Crippen LogP contribution in [0, 0.1) is 26.7 Å². The monoisotopic (exact) mass is 275 g/mol. The highest BCUT2D eigenvalue weighted by molar-refractivity contribution is 5.39. The van der Waals surface area contributed by atoms with E-state index in [1.807, 2.05) is 0 Å². The first kappa shape index (κ1) is 15.5. The average molecular weight is 275 g/mol. The Kier molecular flexibility index (Phi) is 5.22. The first-order chi connectivity index (χ1) is 9.55. The van der Waals surface area contributed by atoms with E-state index in [-0.39, 0.29) is 0 Å². The Morgan fingerprint density at radius 2 is 1.80 bits per heavy atom. The lowest BCUT2D eigenvalue weighted by Crippen LogP contribution is -2.34. The molecule has 112 valence electrons. The van der Waals surface area contributed by atoms with Crippen LogP contribution in [0.2, 0.25) is 0 Å². The highest BCUT2D eigenvalue weighted by atomic mass is 16.5. The van der Waals surface area contributed by atoms with Crippen LogP contribution in [0.15, 0.2) is 12.1 Å². The van der Waals surface area contributed by atoms with Gasteiger partial charge in [0, 0.05) is 12.6 Å². The predicted octanol–water partition coefficient (Wildman–Crippen LogP) is 4.08. The zero-order valence-corrected chi connectivity index (χ0v) is 13.6. The first-order valence-corrected chi connectivity index (χ1v) is 7.91. The molecular weight excluding hydrogens is 246 g/mol. The van der Waals surface area contributed by atoms with E-state index in [0.29, 0.717) is 12.1 Å². The lowest BCUT2D eigenvalue weighted by molar-refractivity contribution is -0.0289. The van der Waals surface area contributed by atoms with Gasteiger partial charge >= 0.3 is 0 Å². The minimum atomic E-state index is 0.475. The van der Waals surface area contributed by atoms with Crippen molar-refractivity contribution in [3.8, 4) is 0 Å². The second-order valence-corrected chi connectivity index (χ2v) is 6.30. The van der Waals surface area contributed by atoms with Gasteiger partial charge in [-0.1, -0.05) is 17.7 Å². The molecule has 20 heavy (non-hydrogen) atoms. The van der Waals surface area contributed by atoms with Crippen molar-refractivity contribution in [1.29, 1.82) is 0 Å². The van der Waals surface area contributed by atoms with Gasteiger partial charge in [-0.05, 0) is 76.6 Å². The largest absolute Gasteiger partial charge is 0.378 e. The molecule has 2 nitrogen and oxygen atoms in total. The van der Waals surface area contributed by atoms with Gasteiger partial charge in [-0.2, -0.15) is 0 Å². The van der Waals surface area contributed by atoms with Gasteiger partial charge in [0.15, 0.2) is 0 Å². The number of hydrogen-bond donors (Lipinski definition) is 1. The van der Waals surface area contributed by atoms with E-state index in [4.69, 9.17) is 4.74 Å². The minimum Gasteiger partial charge on any atom is -0.378 e. The summed E-state index contributed by atoms with van der Waals surface area (Å²) in [5.41, 5.74) is 5.70. The van der Waals surface area contributed by atoms with Crippen molar-refractivity contribution >= 4 is 0 Å². The van der Waals surface area contributed by atoms with Crippen LogP contribution in [-0.2, 0) is 4.74 Å². The maximum absolute atomic E-state index is 5.67. The molecule has 1 atom stereocenters. The number of aryl methyl sites for hydroxylation is 3. The fourth-order valence-corrected chi connectivity index (χ4v) is 3.69. The SMILES string of the molecule is CCOC1CC(CC(NC)c2c(C)cc(C)cc2C)C1. The highest BCUT2D eigenvalue weighted by Crippen LogP contribution is 2.38. The van der Waals surface area contributed by atoms with E-state index in [1.54, 1.807) is 0 Å². The molecule has 0 radical (unpaired) electrons. The molecule has 0 saturated heterocycles. The molecule has 1 aromatic rings. The summed E-state index contributed by atoms with van der Waals surface area (Å²) >= 11 is 0. The summed E-state index contributed by atoms with van der Waals surface area (Å²) < 4.78 is 5.67. The quantitative estimate of drug-likeness (QED) is 0.844. The molecular formula is C18H29NO. The Balaban J connectivity index is 2.03. The molecule has 0 aliphatic heterocycles. The molecule has 1 saturated carbocycles. The molecule has 2 rings (SSSR count). The van der Waals surface area contributed by atoms with Crippen LogP contribution in [0.1, 0.15) is 54.5 Å². The summed E-state index contributed by atoms with van der Waals surface area (Å²) in [6, 6.07) is 5.08. The molecule has 0 bridgehead atoms. The van der Waals surface area contributed by atoms with Crippen molar-refractivity contribution in [2.75, 3.05) is 13.7 Å². The summed E-state index contributed by atoms with van der Waals surface area (Å²) in [6.45, 7) is 9.59. The normalized spacial score (nSPS) is 23.4. The van der Waals surface area contributed by atoms with Crippen LogP contribution in [0.3, 0.4) is 0 Å². The third kappa shape index (κ3) is 3.42. The molecule has 2 heteroatoms. The molecule has 1 aromatic carbocycles. The van der Waals surface area contributed by atoms with Crippen LogP contribution in [-0.4, -0.2) is 19.8 Å². The maximum atomic E-state index is 5.67. The smallest absolute Gasteiger partial charge is 0.0580 e. The van der Waals surface area contributed by atoms with Crippen LogP contribution >= 0.6 is 0 Å². The van der Waals surface area contributed by atoms with Crippen molar-refractivity contribution < 1.29 is 4.74 Å². The Bertz CT molecular complexity index is 426. The van der Waals surface area contributed by atoms with E-state index in [0.717, 1.165) is 12.5 Å². The summed E-state index contributed by atoms with van der Waals surface area (Å²) in [5.74, 6) is 0.809. The molecule has 0 heterocycles. The third-order valence-electron chi connectivity index (χ3n) is 4.60. The van der Waals surface area contributed by atoms with Gasteiger partial charge in [-0.15, -0.1) is 0 Å². The lowest BCUT2D eigenvalue weighted by Gasteiger charge is -2.37. The highest BCUT2D eigenvalue weighted by Gasteiger charge is 2.32. The summed E-state index contributed by atoms with van der Waals surface area (Å²) in [5, 5.41) is 3.52. The maximum Gasteiger partial charge on any atom is 0.0580 e. The van der Waals surface area contributed by atoms with Gasteiger partial charge in [-0.3, -0.25) is 0 Å². The lowest BCUT2D eigenvalue weighted by atomic mass is 9.76. The zero-order valence-electron chi connectivity index (χ0n) is 13.6. The summed E-state index contributed by atoms with van der Waals surface area (Å²) in [4.78, 5) is 0. The second-order valence-electron chi connectivity index (χ2n) is 6.30. The van der Waals surface area contributed by atoms with E-state index in [1.165, 1.54) is 41.5 Å². The molecule has 1 aliphatic rings. The third-order valence-corrected chi connectivity index (χ3v) is 4.60. The van der Waals surface area contributed by atoms with Gasteiger partial charge in [0.05, 0.1) is 6.10 Å². The van der Waals surface area contributed by atoms with E-state index >= 15 is 0 Å². The van der Waals surface area contributed by atoms with Crippen molar-refractivity contribution in [2.24, 2.45) is 5.92 Å². The molecule has 0 spiro atoms. The van der Waals surface area contributed by atoms with Gasteiger partial charge in [0.25, 0.3) is 0 Å².